The first-order valence-corrected chi connectivity index (χ1v) is 5.96. The highest BCUT2D eigenvalue weighted by Gasteiger charge is 2.20. The summed E-state index contributed by atoms with van der Waals surface area (Å²) in [5.41, 5.74) is 3.88. The van der Waals surface area contributed by atoms with E-state index in [2.05, 4.69) is 35.9 Å². The Bertz CT molecular complexity index is 337. The Hall–Kier alpha value is -0.830. The van der Waals surface area contributed by atoms with Crippen LogP contribution in [0, 0.1) is 19.8 Å². The Balaban J connectivity index is 1.95. The van der Waals surface area contributed by atoms with Gasteiger partial charge in [0.1, 0.15) is 0 Å². The van der Waals surface area contributed by atoms with Crippen molar-refractivity contribution in [1.29, 1.82) is 0 Å². The topological polar surface area (TPSA) is 29.9 Å². The maximum atomic E-state index is 4.52. The molecule has 1 aromatic heterocycles. The summed E-state index contributed by atoms with van der Waals surface area (Å²) >= 11 is 0. The van der Waals surface area contributed by atoms with Gasteiger partial charge in [0, 0.05) is 24.3 Å². The van der Waals surface area contributed by atoms with E-state index < -0.39 is 0 Å². The van der Waals surface area contributed by atoms with Crippen LogP contribution in [0.15, 0.2) is 0 Å². The van der Waals surface area contributed by atoms with E-state index in [0.29, 0.717) is 0 Å². The molecular formula is C12H21N3. The van der Waals surface area contributed by atoms with Crippen LogP contribution in [0.4, 0.5) is 0 Å². The van der Waals surface area contributed by atoms with Gasteiger partial charge in [0.25, 0.3) is 0 Å². The second-order valence-corrected chi connectivity index (χ2v) is 4.54. The summed E-state index contributed by atoms with van der Waals surface area (Å²) in [5.74, 6) is 0.951. The molecule has 1 heterocycles. The van der Waals surface area contributed by atoms with Gasteiger partial charge in [0.2, 0.25) is 0 Å². The van der Waals surface area contributed by atoms with Gasteiger partial charge in [-0.05, 0) is 46.1 Å². The molecule has 1 saturated carbocycles. The van der Waals surface area contributed by atoms with Gasteiger partial charge in [-0.2, -0.15) is 5.10 Å². The highest BCUT2D eigenvalue weighted by atomic mass is 15.3. The number of nitrogens with one attached hydrogen (secondary N) is 1. The van der Waals surface area contributed by atoms with E-state index >= 15 is 0 Å². The molecule has 3 nitrogen and oxygen atoms in total. The van der Waals surface area contributed by atoms with Crippen LogP contribution in [0.2, 0.25) is 0 Å². The minimum absolute atomic E-state index is 0.951. The lowest BCUT2D eigenvalue weighted by molar-refractivity contribution is 0.622. The fraction of sp³-hybridized carbons (Fsp3) is 0.750. The van der Waals surface area contributed by atoms with Crippen molar-refractivity contribution in [2.45, 2.75) is 46.7 Å². The smallest absolute Gasteiger partial charge is 0.0641 e. The minimum Gasteiger partial charge on any atom is -0.312 e. The molecule has 1 fully saturated rings. The molecule has 0 saturated heterocycles. The Labute approximate surface area is 91.9 Å². The summed E-state index contributed by atoms with van der Waals surface area (Å²) in [6.07, 6.45) is 2.83. The molecule has 0 unspecified atom stereocenters. The van der Waals surface area contributed by atoms with Crippen LogP contribution in [0.3, 0.4) is 0 Å². The molecule has 0 radical (unpaired) electrons. The Morgan fingerprint density at radius 1 is 1.40 bits per heavy atom. The van der Waals surface area contributed by atoms with Crippen molar-refractivity contribution in [3.63, 3.8) is 0 Å². The first kappa shape index (κ1) is 10.7. The highest BCUT2D eigenvalue weighted by Crippen LogP contribution is 2.27. The van der Waals surface area contributed by atoms with Crippen LogP contribution < -0.4 is 5.32 Å². The van der Waals surface area contributed by atoms with Crippen molar-refractivity contribution in [3.05, 3.63) is 17.0 Å². The van der Waals surface area contributed by atoms with E-state index in [4.69, 9.17) is 0 Å². The zero-order valence-corrected chi connectivity index (χ0v) is 10.0. The summed E-state index contributed by atoms with van der Waals surface area (Å²) in [4.78, 5) is 0. The molecule has 2 rings (SSSR count). The van der Waals surface area contributed by atoms with Crippen LogP contribution in [0.5, 0.6) is 0 Å². The molecule has 1 N–H and O–H groups in total. The van der Waals surface area contributed by atoms with Crippen molar-refractivity contribution >= 4 is 0 Å². The molecule has 1 aliphatic carbocycles. The van der Waals surface area contributed by atoms with Crippen LogP contribution in [0.25, 0.3) is 0 Å². The third kappa shape index (κ3) is 2.40. The molecule has 0 aromatic carbocycles. The minimum atomic E-state index is 0.951. The number of aromatic nitrogens is 2. The van der Waals surface area contributed by atoms with Gasteiger partial charge in [0.05, 0.1) is 5.69 Å². The van der Waals surface area contributed by atoms with Gasteiger partial charge in [-0.25, -0.2) is 0 Å². The van der Waals surface area contributed by atoms with E-state index in [1.165, 1.54) is 36.3 Å². The Morgan fingerprint density at radius 2 is 2.13 bits per heavy atom. The second kappa shape index (κ2) is 4.35. The van der Waals surface area contributed by atoms with Gasteiger partial charge in [-0.1, -0.05) is 0 Å². The molecule has 84 valence electrons. The van der Waals surface area contributed by atoms with Gasteiger partial charge in [-0.3, -0.25) is 4.68 Å². The molecule has 0 bridgehead atoms. The van der Waals surface area contributed by atoms with E-state index in [1.54, 1.807) is 0 Å². The largest absolute Gasteiger partial charge is 0.312 e. The van der Waals surface area contributed by atoms with Crippen LogP contribution in [-0.2, 0) is 13.1 Å². The molecule has 3 heteroatoms. The lowest BCUT2D eigenvalue weighted by Crippen LogP contribution is -2.17. The number of nitrogens with zero attached hydrogens (tertiary/aromatic N) is 2. The average Bonchev–Trinajstić information content (AvgIpc) is 2.99. The van der Waals surface area contributed by atoms with Crippen LogP contribution >= 0.6 is 0 Å². The fourth-order valence-corrected chi connectivity index (χ4v) is 2.02. The normalized spacial score (nSPS) is 15.9. The van der Waals surface area contributed by atoms with Crippen molar-refractivity contribution in [2.24, 2.45) is 5.92 Å². The SMILES string of the molecule is CCn1nc(C)c(CNCC2CC2)c1C. The molecule has 0 atom stereocenters. The van der Waals surface area contributed by atoms with E-state index in [1.807, 2.05) is 0 Å². The van der Waals surface area contributed by atoms with Crippen molar-refractivity contribution in [2.75, 3.05) is 6.54 Å². The summed E-state index contributed by atoms with van der Waals surface area (Å²) < 4.78 is 2.09. The first-order valence-electron chi connectivity index (χ1n) is 5.96. The molecule has 0 spiro atoms. The van der Waals surface area contributed by atoms with Crippen molar-refractivity contribution in [1.82, 2.24) is 15.1 Å². The van der Waals surface area contributed by atoms with Crippen LogP contribution in [0.1, 0.15) is 36.7 Å². The highest BCUT2D eigenvalue weighted by molar-refractivity contribution is 5.24. The van der Waals surface area contributed by atoms with E-state index in [0.717, 1.165) is 19.0 Å². The average molecular weight is 207 g/mol. The van der Waals surface area contributed by atoms with E-state index in [-0.39, 0.29) is 0 Å². The Kier molecular flexibility index (Phi) is 3.10. The number of aryl methyl sites for hydroxylation is 2. The predicted octanol–water partition coefficient (Wildman–Crippen LogP) is 2.02. The van der Waals surface area contributed by atoms with Crippen molar-refractivity contribution in [3.8, 4) is 0 Å². The van der Waals surface area contributed by atoms with E-state index in [9.17, 15) is 0 Å². The Morgan fingerprint density at radius 3 is 2.67 bits per heavy atom. The second-order valence-electron chi connectivity index (χ2n) is 4.54. The molecule has 0 aliphatic heterocycles. The molecule has 0 amide bonds. The standard InChI is InChI=1S/C12H21N3/c1-4-15-10(3)12(9(2)14-15)8-13-7-11-5-6-11/h11,13H,4-8H2,1-3H3. The maximum absolute atomic E-state index is 4.52. The van der Waals surface area contributed by atoms with Crippen LogP contribution in [-0.4, -0.2) is 16.3 Å². The fourth-order valence-electron chi connectivity index (χ4n) is 2.02. The molecule has 15 heavy (non-hydrogen) atoms. The number of hydrogen-bond acceptors (Lipinski definition) is 2. The van der Waals surface area contributed by atoms with Gasteiger partial charge >= 0.3 is 0 Å². The third-order valence-corrected chi connectivity index (χ3v) is 3.26. The predicted molar refractivity (Wildman–Crippen MR) is 61.8 cm³/mol. The zero-order chi connectivity index (χ0) is 10.8. The van der Waals surface area contributed by atoms with Crippen molar-refractivity contribution < 1.29 is 0 Å². The quantitative estimate of drug-likeness (QED) is 0.800. The lowest BCUT2D eigenvalue weighted by Gasteiger charge is -2.04. The summed E-state index contributed by atoms with van der Waals surface area (Å²) in [7, 11) is 0. The summed E-state index contributed by atoms with van der Waals surface area (Å²) in [6.45, 7) is 9.53. The molecule has 1 aliphatic rings. The summed E-state index contributed by atoms with van der Waals surface area (Å²) in [5, 5.41) is 8.05. The van der Waals surface area contributed by atoms with Gasteiger partial charge in [0.15, 0.2) is 0 Å². The first-order chi connectivity index (χ1) is 7.22. The van der Waals surface area contributed by atoms with Gasteiger partial charge in [-0.15, -0.1) is 0 Å². The molecule has 1 aromatic rings. The summed E-state index contributed by atoms with van der Waals surface area (Å²) in [6, 6.07) is 0. The van der Waals surface area contributed by atoms with Gasteiger partial charge < -0.3 is 5.32 Å². The number of hydrogen-bond donors (Lipinski definition) is 1. The maximum Gasteiger partial charge on any atom is 0.0641 e. The lowest BCUT2D eigenvalue weighted by atomic mass is 10.2. The number of rotatable bonds is 5. The monoisotopic (exact) mass is 207 g/mol. The third-order valence-electron chi connectivity index (χ3n) is 3.26. The zero-order valence-electron chi connectivity index (χ0n) is 10.0. The molecular weight excluding hydrogens is 186 g/mol.